The summed E-state index contributed by atoms with van der Waals surface area (Å²) in [5.41, 5.74) is 6.01. The summed E-state index contributed by atoms with van der Waals surface area (Å²) in [6, 6.07) is 5.76. The van der Waals surface area contributed by atoms with E-state index in [0.29, 0.717) is 0 Å². The van der Waals surface area contributed by atoms with Gasteiger partial charge < -0.3 is 10.8 Å². The molecule has 2 heterocycles. The van der Waals surface area contributed by atoms with Crippen LogP contribution in [0, 0.1) is 0 Å². The lowest BCUT2D eigenvalue weighted by Gasteiger charge is -2.33. The molecule has 0 bridgehead atoms. The second kappa shape index (κ2) is 4.21. The van der Waals surface area contributed by atoms with E-state index in [9.17, 15) is 9.90 Å². The highest BCUT2D eigenvalue weighted by Gasteiger charge is 2.36. The Bertz CT molecular complexity index is 737. The third kappa shape index (κ3) is 1.84. The van der Waals surface area contributed by atoms with Gasteiger partial charge >= 0.3 is 0 Å². The highest BCUT2D eigenvalue weighted by atomic mass is 32.1. The van der Waals surface area contributed by atoms with Gasteiger partial charge in [-0.25, -0.2) is 4.99 Å². The van der Waals surface area contributed by atoms with E-state index in [1.165, 1.54) is 16.2 Å². The third-order valence-electron chi connectivity index (χ3n) is 3.75. The summed E-state index contributed by atoms with van der Waals surface area (Å²) < 4.78 is 1.01. The number of carbonyl (C=O) groups is 1. The molecule has 1 aliphatic heterocycles. The van der Waals surface area contributed by atoms with Gasteiger partial charge in [0, 0.05) is 22.5 Å². The Balaban J connectivity index is 2.14. The van der Waals surface area contributed by atoms with Crippen molar-refractivity contribution < 1.29 is 9.90 Å². The van der Waals surface area contributed by atoms with Crippen molar-refractivity contribution >= 4 is 33.3 Å². The van der Waals surface area contributed by atoms with Crippen molar-refractivity contribution in [3.05, 3.63) is 29.1 Å². The summed E-state index contributed by atoms with van der Waals surface area (Å²) in [6.07, 6.45) is 0.264. The van der Waals surface area contributed by atoms with Crippen LogP contribution < -0.4 is 5.73 Å². The first-order valence-corrected chi connectivity index (χ1v) is 7.11. The molecular weight excluding hydrogens is 274 g/mol. The van der Waals surface area contributed by atoms with Crippen LogP contribution in [-0.2, 0) is 10.3 Å². The van der Waals surface area contributed by atoms with Gasteiger partial charge in [-0.1, -0.05) is 6.07 Å². The largest absolute Gasteiger partial charge is 0.506 e. The quantitative estimate of drug-likeness (QED) is 0.842. The predicted octanol–water partition coefficient (Wildman–Crippen LogP) is 2.00. The minimum atomic E-state index is -0.684. The van der Waals surface area contributed by atoms with E-state index in [2.05, 4.69) is 4.99 Å². The molecule has 1 aliphatic rings. The second-order valence-electron chi connectivity index (χ2n) is 5.21. The van der Waals surface area contributed by atoms with E-state index in [0.717, 1.165) is 15.6 Å². The first-order chi connectivity index (χ1) is 9.40. The topological polar surface area (TPSA) is 78.9 Å². The van der Waals surface area contributed by atoms with Crippen molar-refractivity contribution in [1.82, 2.24) is 4.90 Å². The summed E-state index contributed by atoms with van der Waals surface area (Å²) >= 11 is 1.48. The fourth-order valence-corrected chi connectivity index (χ4v) is 3.23. The van der Waals surface area contributed by atoms with Crippen molar-refractivity contribution in [3.63, 3.8) is 0 Å². The Hall–Kier alpha value is -2.08. The Morgan fingerprint density at radius 3 is 2.95 bits per heavy atom. The van der Waals surface area contributed by atoms with Crippen LogP contribution in [0.25, 0.3) is 10.1 Å². The number of rotatable bonds is 1. The Labute approximate surface area is 120 Å². The minimum absolute atomic E-state index is 0.0605. The van der Waals surface area contributed by atoms with E-state index in [1.54, 1.807) is 12.4 Å². The summed E-state index contributed by atoms with van der Waals surface area (Å²) in [5, 5.41) is 12.3. The number of amides is 1. The van der Waals surface area contributed by atoms with Crippen molar-refractivity contribution in [2.75, 3.05) is 7.05 Å². The van der Waals surface area contributed by atoms with Crippen LogP contribution in [-0.4, -0.2) is 28.9 Å². The van der Waals surface area contributed by atoms with E-state index in [-0.39, 0.29) is 24.0 Å². The maximum Gasteiger partial charge on any atom is 0.231 e. The smallest absolute Gasteiger partial charge is 0.231 e. The first kappa shape index (κ1) is 12.9. The number of fused-ring (bicyclic) bond motifs is 1. The van der Waals surface area contributed by atoms with Gasteiger partial charge in [-0.2, -0.15) is 0 Å². The van der Waals surface area contributed by atoms with Crippen molar-refractivity contribution in [2.45, 2.75) is 18.9 Å². The number of nitrogens with two attached hydrogens (primary N) is 1. The lowest BCUT2D eigenvalue weighted by molar-refractivity contribution is -0.128. The summed E-state index contributed by atoms with van der Waals surface area (Å²) in [4.78, 5) is 17.8. The number of hydrogen-bond donors (Lipinski definition) is 2. The van der Waals surface area contributed by atoms with Gasteiger partial charge in [-0.3, -0.25) is 9.69 Å². The normalized spacial score (nSPS) is 23.2. The number of carbonyl (C=O) groups excluding carboxylic acids is 1. The molecule has 1 aromatic carbocycles. The standard InChI is InChI=1S/C14H15N3O2S/c1-14(6-12(19)17(2)13(15)16-14)8-3-4-11-9(5-8)10(18)7-20-11/h3-5,7,18H,6H2,1-2H3,(H2,15,16)/t14-/m0/s1. The lowest BCUT2D eigenvalue weighted by Crippen LogP contribution is -2.47. The predicted molar refractivity (Wildman–Crippen MR) is 79.9 cm³/mol. The molecule has 1 atom stereocenters. The molecule has 0 aliphatic carbocycles. The molecular formula is C14H15N3O2S. The molecule has 104 valence electrons. The second-order valence-corrected chi connectivity index (χ2v) is 6.12. The maximum absolute atomic E-state index is 12.0. The Kier molecular flexibility index (Phi) is 2.72. The molecule has 20 heavy (non-hydrogen) atoms. The maximum atomic E-state index is 12.0. The first-order valence-electron chi connectivity index (χ1n) is 6.23. The number of nitrogens with zero attached hydrogens (tertiary/aromatic N) is 2. The van der Waals surface area contributed by atoms with Gasteiger partial charge in [-0.05, 0) is 24.6 Å². The van der Waals surface area contributed by atoms with Crippen molar-refractivity contribution in [1.29, 1.82) is 0 Å². The Morgan fingerprint density at radius 1 is 1.50 bits per heavy atom. The average molecular weight is 289 g/mol. The molecule has 5 nitrogen and oxygen atoms in total. The third-order valence-corrected chi connectivity index (χ3v) is 4.70. The molecule has 0 saturated heterocycles. The molecule has 0 radical (unpaired) electrons. The number of thiophene rings is 1. The number of aliphatic imine (C=N–C) groups is 1. The van der Waals surface area contributed by atoms with Crippen LogP contribution in [0.5, 0.6) is 5.75 Å². The van der Waals surface area contributed by atoms with Crippen LogP contribution in [0.3, 0.4) is 0 Å². The number of guanidine groups is 1. The van der Waals surface area contributed by atoms with E-state index in [1.807, 2.05) is 25.1 Å². The van der Waals surface area contributed by atoms with E-state index in [4.69, 9.17) is 5.73 Å². The summed E-state index contributed by atoms with van der Waals surface area (Å²) in [5.74, 6) is 0.416. The van der Waals surface area contributed by atoms with Gasteiger partial charge in [0.25, 0.3) is 0 Å². The van der Waals surface area contributed by atoms with E-state index < -0.39 is 5.54 Å². The fourth-order valence-electron chi connectivity index (χ4n) is 2.43. The van der Waals surface area contributed by atoms with Crippen LogP contribution in [0.1, 0.15) is 18.9 Å². The zero-order valence-electron chi connectivity index (χ0n) is 11.3. The molecule has 0 spiro atoms. The van der Waals surface area contributed by atoms with Gasteiger partial charge in [0.1, 0.15) is 5.75 Å². The lowest BCUT2D eigenvalue weighted by atomic mass is 9.87. The summed E-state index contributed by atoms with van der Waals surface area (Å²) in [6.45, 7) is 1.88. The SMILES string of the molecule is CN1C(=O)C[C@@](C)(c2ccc3scc(O)c3c2)N=C1N. The Morgan fingerprint density at radius 2 is 2.25 bits per heavy atom. The van der Waals surface area contributed by atoms with Gasteiger partial charge in [0.2, 0.25) is 5.91 Å². The van der Waals surface area contributed by atoms with Gasteiger partial charge in [0.15, 0.2) is 5.96 Å². The monoisotopic (exact) mass is 289 g/mol. The van der Waals surface area contributed by atoms with Gasteiger partial charge in [-0.15, -0.1) is 11.3 Å². The number of aromatic hydroxyl groups is 1. The van der Waals surface area contributed by atoms with Crippen LogP contribution in [0.4, 0.5) is 0 Å². The molecule has 3 rings (SSSR count). The molecule has 0 saturated carbocycles. The molecule has 0 fully saturated rings. The van der Waals surface area contributed by atoms with Crippen LogP contribution >= 0.6 is 11.3 Å². The zero-order valence-corrected chi connectivity index (χ0v) is 12.1. The molecule has 0 unspecified atom stereocenters. The van der Waals surface area contributed by atoms with Crippen molar-refractivity contribution in [3.8, 4) is 5.75 Å². The minimum Gasteiger partial charge on any atom is -0.506 e. The van der Waals surface area contributed by atoms with Gasteiger partial charge in [0.05, 0.1) is 12.0 Å². The zero-order chi connectivity index (χ0) is 14.5. The number of benzene rings is 1. The number of hydrogen-bond acceptors (Lipinski definition) is 5. The molecule has 1 aromatic heterocycles. The highest BCUT2D eigenvalue weighted by molar-refractivity contribution is 7.17. The highest BCUT2D eigenvalue weighted by Crippen LogP contribution is 2.38. The molecule has 2 aromatic rings. The fraction of sp³-hybridized carbons (Fsp3) is 0.286. The average Bonchev–Trinajstić information content (AvgIpc) is 2.77. The van der Waals surface area contributed by atoms with E-state index >= 15 is 0 Å². The van der Waals surface area contributed by atoms with Crippen molar-refractivity contribution in [2.24, 2.45) is 10.7 Å². The molecule has 3 N–H and O–H groups in total. The molecule has 1 amide bonds. The molecule has 6 heteroatoms. The van der Waals surface area contributed by atoms with Crippen LogP contribution in [0.15, 0.2) is 28.6 Å². The summed E-state index contributed by atoms with van der Waals surface area (Å²) in [7, 11) is 1.62. The van der Waals surface area contributed by atoms with Crippen LogP contribution in [0.2, 0.25) is 0 Å².